The van der Waals surface area contributed by atoms with Gasteiger partial charge in [0.1, 0.15) is 11.7 Å². The van der Waals surface area contributed by atoms with Crippen molar-refractivity contribution < 1.29 is 28.3 Å². The first-order valence-corrected chi connectivity index (χ1v) is 10.7. The second-order valence-electron chi connectivity index (χ2n) is 8.04. The average molecular weight is 467 g/mol. The van der Waals surface area contributed by atoms with E-state index >= 15 is 0 Å². The summed E-state index contributed by atoms with van der Waals surface area (Å²) >= 11 is 0. The van der Waals surface area contributed by atoms with E-state index in [9.17, 15) is 28.8 Å². The molecule has 2 aliphatic rings. The van der Waals surface area contributed by atoms with E-state index in [1.54, 1.807) is 6.07 Å². The summed E-state index contributed by atoms with van der Waals surface area (Å²) in [4.78, 5) is 57.9. The molecule has 0 spiro atoms. The van der Waals surface area contributed by atoms with Crippen LogP contribution in [0.15, 0.2) is 53.7 Å². The van der Waals surface area contributed by atoms with Gasteiger partial charge in [-0.05, 0) is 36.6 Å². The first-order chi connectivity index (χ1) is 16.3. The molecule has 34 heavy (non-hydrogen) atoms. The number of aromatic nitrogens is 1. The van der Waals surface area contributed by atoms with Crippen LogP contribution >= 0.6 is 0 Å². The first-order valence-electron chi connectivity index (χ1n) is 10.7. The zero-order valence-corrected chi connectivity index (χ0v) is 18.3. The minimum atomic E-state index is -1.59. The summed E-state index contributed by atoms with van der Waals surface area (Å²) in [5.74, 6) is -3.46. The Morgan fingerprint density at radius 1 is 1.24 bits per heavy atom. The Hall–Kier alpha value is -4.15. The molecule has 1 aromatic heterocycles. The number of piperidine rings is 1. The molecule has 1 saturated heterocycles. The summed E-state index contributed by atoms with van der Waals surface area (Å²) < 4.78 is 13.5. The van der Waals surface area contributed by atoms with Gasteiger partial charge in [-0.25, -0.2) is 9.38 Å². The molecule has 2 aromatic rings. The van der Waals surface area contributed by atoms with Crippen molar-refractivity contribution in [3.8, 4) is 0 Å². The lowest BCUT2D eigenvalue weighted by molar-refractivity contribution is -0.608. The number of carbonyl (C=O) groups excluding carboxylic acids is 4. The highest BCUT2D eigenvalue weighted by Gasteiger charge is 2.46. The molecule has 1 aromatic carbocycles. The van der Waals surface area contributed by atoms with Crippen molar-refractivity contribution >= 4 is 29.3 Å². The Morgan fingerprint density at radius 2 is 1.97 bits per heavy atom. The average Bonchev–Trinajstić information content (AvgIpc) is 2.84. The van der Waals surface area contributed by atoms with E-state index in [-0.39, 0.29) is 24.6 Å². The van der Waals surface area contributed by atoms with Crippen LogP contribution in [0.5, 0.6) is 0 Å². The normalized spacial score (nSPS) is 19.8. The summed E-state index contributed by atoms with van der Waals surface area (Å²) in [6.07, 6.45) is 2.15. The molecule has 3 amide bonds. The highest BCUT2D eigenvalue weighted by molar-refractivity contribution is 6.46. The minimum Gasteiger partial charge on any atom is -0.618 e. The number of amides is 3. The maximum Gasteiger partial charge on any atom is 0.320 e. The highest BCUT2D eigenvalue weighted by atomic mass is 19.1. The number of nitrogens with zero attached hydrogens (tertiary/aromatic N) is 4. The summed E-state index contributed by atoms with van der Waals surface area (Å²) in [7, 11) is 1.48. The maximum atomic E-state index is 13.1. The number of rotatable bonds is 5. The molecule has 3 heterocycles. The fourth-order valence-corrected chi connectivity index (χ4v) is 4.02. The lowest BCUT2D eigenvalue weighted by atomic mass is 9.97. The van der Waals surface area contributed by atoms with Crippen LogP contribution in [0, 0.1) is 11.0 Å². The Morgan fingerprint density at radius 3 is 2.68 bits per heavy atom. The van der Waals surface area contributed by atoms with Crippen molar-refractivity contribution in [1.29, 1.82) is 0 Å². The summed E-state index contributed by atoms with van der Waals surface area (Å²) in [6, 6.07) is 7.60. The van der Waals surface area contributed by atoms with Crippen molar-refractivity contribution in [3.63, 3.8) is 0 Å². The molecule has 4 rings (SSSR count). The highest BCUT2D eigenvalue weighted by Crippen LogP contribution is 2.23. The van der Waals surface area contributed by atoms with Crippen LogP contribution in [0.1, 0.15) is 28.9 Å². The van der Waals surface area contributed by atoms with E-state index in [0.717, 1.165) is 0 Å². The molecule has 0 saturated carbocycles. The molecule has 176 valence electrons. The number of pyridine rings is 1. The van der Waals surface area contributed by atoms with Gasteiger partial charge in [0.15, 0.2) is 12.2 Å². The van der Waals surface area contributed by atoms with E-state index < -0.39 is 41.4 Å². The Balaban J connectivity index is 1.57. The lowest BCUT2D eigenvalue weighted by Gasteiger charge is -2.40. The zero-order valence-electron chi connectivity index (χ0n) is 18.3. The number of hydrogen-bond acceptors (Lipinski definition) is 6. The molecule has 2 atom stereocenters. The van der Waals surface area contributed by atoms with Gasteiger partial charge in [-0.3, -0.25) is 24.1 Å². The third kappa shape index (κ3) is 4.36. The molecule has 0 aliphatic carbocycles. The van der Waals surface area contributed by atoms with Crippen LogP contribution < -0.4 is 10.0 Å². The molecule has 2 aliphatic heterocycles. The van der Waals surface area contributed by atoms with Gasteiger partial charge in [-0.15, -0.1) is 0 Å². The zero-order chi connectivity index (χ0) is 24.4. The third-order valence-corrected chi connectivity index (χ3v) is 5.86. The fourth-order valence-electron chi connectivity index (χ4n) is 4.02. The Bertz CT molecular complexity index is 1180. The van der Waals surface area contributed by atoms with Crippen LogP contribution in [-0.2, 0) is 20.9 Å². The number of fused-ring (bicyclic) bond motifs is 1. The fraction of sp³-hybridized carbons (Fsp3) is 0.304. The monoisotopic (exact) mass is 467 g/mol. The van der Waals surface area contributed by atoms with Crippen LogP contribution in [0.3, 0.4) is 0 Å². The van der Waals surface area contributed by atoms with Crippen LogP contribution in [0.4, 0.5) is 4.39 Å². The summed E-state index contributed by atoms with van der Waals surface area (Å²) in [5, 5.41) is 14.6. The number of Topliss-reactive ketones (excluding diaryl/α,β-unsaturated/α-hetero) is 1. The minimum absolute atomic E-state index is 0.0188. The number of amidine groups is 1. The van der Waals surface area contributed by atoms with Crippen LogP contribution in [0.2, 0.25) is 0 Å². The topological polar surface area (TPSA) is 126 Å². The Kier molecular flexibility index (Phi) is 6.35. The van der Waals surface area contributed by atoms with Gasteiger partial charge in [-0.1, -0.05) is 12.1 Å². The van der Waals surface area contributed by atoms with E-state index in [1.165, 1.54) is 59.4 Å². The molecule has 1 fully saturated rings. The number of aliphatic imine (C=N–C) groups is 1. The Labute approximate surface area is 194 Å². The number of likely N-dealkylation sites (N-methyl/N-ethyl adjacent to an activating group) is 1. The number of halogens is 1. The van der Waals surface area contributed by atoms with Crippen molar-refractivity contribution in [3.05, 3.63) is 70.9 Å². The van der Waals surface area contributed by atoms with Crippen molar-refractivity contribution in [2.45, 2.75) is 31.5 Å². The molecule has 2 unspecified atom stereocenters. The number of carbonyl (C=O) groups is 4. The largest absolute Gasteiger partial charge is 0.618 e. The van der Waals surface area contributed by atoms with Gasteiger partial charge in [0.2, 0.25) is 0 Å². The van der Waals surface area contributed by atoms with Gasteiger partial charge < -0.3 is 15.4 Å². The second kappa shape index (κ2) is 9.38. The number of ketones is 1. The summed E-state index contributed by atoms with van der Waals surface area (Å²) in [6.45, 7) is 0.254. The number of nitrogens with one attached hydrogen (secondary N) is 1. The van der Waals surface area contributed by atoms with E-state index in [1.807, 2.05) is 0 Å². The van der Waals surface area contributed by atoms with Crippen molar-refractivity contribution in [2.75, 3.05) is 13.6 Å². The van der Waals surface area contributed by atoms with Crippen molar-refractivity contribution in [1.82, 2.24) is 15.1 Å². The van der Waals surface area contributed by atoms with E-state index in [4.69, 9.17) is 0 Å². The van der Waals surface area contributed by atoms with E-state index in [0.29, 0.717) is 23.1 Å². The molecule has 10 nitrogen and oxygen atoms in total. The van der Waals surface area contributed by atoms with Gasteiger partial charge in [0.05, 0.1) is 6.04 Å². The second-order valence-corrected chi connectivity index (χ2v) is 8.04. The lowest BCUT2D eigenvalue weighted by Crippen LogP contribution is -2.62. The number of benzene rings is 1. The third-order valence-electron chi connectivity index (χ3n) is 5.86. The maximum absolute atomic E-state index is 13.1. The van der Waals surface area contributed by atoms with Crippen molar-refractivity contribution in [2.24, 2.45) is 4.99 Å². The quantitative estimate of drug-likeness (QED) is 0.291. The predicted molar refractivity (Wildman–Crippen MR) is 117 cm³/mol. The molecule has 1 N–H and O–H groups in total. The molecular formula is C23H22FN5O5. The van der Waals surface area contributed by atoms with Gasteiger partial charge in [0, 0.05) is 32.3 Å². The first kappa shape index (κ1) is 23.0. The van der Waals surface area contributed by atoms with E-state index in [2.05, 4.69) is 10.3 Å². The van der Waals surface area contributed by atoms with Gasteiger partial charge >= 0.3 is 5.91 Å². The number of hydrogen-bond donors (Lipinski definition) is 1. The molecular weight excluding hydrogens is 445 g/mol. The summed E-state index contributed by atoms with van der Waals surface area (Å²) in [5.41, 5.74) is 0.503. The molecule has 0 bridgehead atoms. The molecule has 0 radical (unpaired) electrons. The van der Waals surface area contributed by atoms with Crippen LogP contribution in [-0.4, -0.2) is 64.8 Å². The van der Waals surface area contributed by atoms with Gasteiger partial charge in [0.25, 0.3) is 23.3 Å². The van der Waals surface area contributed by atoms with Crippen LogP contribution in [0.25, 0.3) is 0 Å². The predicted octanol–water partition coefficient (Wildman–Crippen LogP) is 0.188. The standard InChI is InChI=1S/C23H22FN5O5/c1-27(22(32)17-5-2-3-12-29(17)34)16-6-4-11-28-20(16)26-18(19(30)23(28)33)21(31)25-13-14-7-9-15(24)10-8-14/h2-3,5,7-10,12,16,18H,4,6,11,13H2,1H3,(H,25,31). The SMILES string of the molecule is CN(C(=O)c1cccc[n+]1[O-])C1CCCN2C(=O)C(=O)C(C(=O)NCc3ccc(F)cc3)N=C12. The van der Waals surface area contributed by atoms with Gasteiger partial charge in [-0.2, -0.15) is 4.73 Å². The molecule has 11 heteroatoms. The smallest absolute Gasteiger partial charge is 0.320 e.